The number of likely N-dealkylation sites (tertiary alicyclic amines) is 1. The van der Waals surface area contributed by atoms with E-state index in [0.717, 1.165) is 50.8 Å². The minimum Gasteiger partial charge on any atom is -0.396 e. The van der Waals surface area contributed by atoms with E-state index in [4.69, 9.17) is 4.99 Å². The molecule has 3 N–H and O–H groups in total. The summed E-state index contributed by atoms with van der Waals surface area (Å²) >= 11 is 0. The number of guanidine groups is 1. The van der Waals surface area contributed by atoms with E-state index in [9.17, 15) is 5.11 Å². The number of nitrogens with zero attached hydrogens (tertiary/aromatic N) is 2. The molecular weight excluding hydrogens is 439 g/mol. The fourth-order valence-electron chi connectivity index (χ4n) is 3.72. The fraction of sp³-hybridized carbons (Fsp3) is 0.950. The van der Waals surface area contributed by atoms with Crippen LogP contribution in [0.15, 0.2) is 4.99 Å². The van der Waals surface area contributed by atoms with E-state index in [-0.39, 0.29) is 30.6 Å². The third-order valence-corrected chi connectivity index (χ3v) is 4.87. The number of nitrogens with one attached hydrogen (secondary N) is 2. The second kappa shape index (κ2) is 15.9. The molecule has 1 rings (SSSR count). The van der Waals surface area contributed by atoms with Gasteiger partial charge in [0, 0.05) is 39.3 Å². The van der Waals surface area contributed by atoms with Crippen LogP contribution in [-0.4, -0.2) is 61.8 Å². The van der Waals surface area contributed by atoms with E-state index >= 15 is 0 Å². The molecule has 0 aliphatic carbocycles. The average Bonchev–Trinajstić information content (AvgIpc) is 2.57. The van der Waals surface area contributed by atoms with Crippen molar-refractivity contribution in [1.82, 2.24) is 15.5 Å². The number of hydrogen-bond donors (Lipinski definition) is 3. The van der Waals surface area contributed by atoms with Crippen LogP contribution in [0.3, 0.4) is 0 Å². The van der Waals surface area contributed by atoms with Crippen LogP contribution in [-0.2, 0) is 0 Å². The van der Waals surface area contributed by atoms with Crippen molar-refractivity contribution < 1.29 is 5.11 Å². The number of aliphatic hydroxyl groups is 1. The van der Waals surface area contributed by atoms with Gasteiger partial charge in [-0.3, -0.25) is 4.99 Å². The number of hydrogen-bond acceptors (Lipinski definition) is 3. The first-order chi connectivity index (χ1) is 12.1. The van der Waals surface area contributed by atoms with Crippen LogP contribution >= 0.6 is 24.0 Å². The first-order valence-corrected chi connectivity index (χ1v) is 10.4. The first-order valence-electron chi connectivity index (χ1n) is 10.4. The molecule has 26 heavy (non-hydrogen) atoms. The predicted molar refractivity (Wildman–Crippen MR) is 123 cm³/mol. The molecule has 0 aromatic heterocycles. The Labute approximate surface area is 178 Å². The quantitative estimate of drug-likeness (QED) is 0.240. The molecule has 0 radical (unpaired) electrons. The van der Waals surface area contributed by atoms with Crippen molar-refractivity contribution in [1.29, 1.82) is 0 Å². The second-order valence-electron chi connectivity index (χ2n) is 7.93. The van der Waals surface area contributed by atoms with Crippen molar-refractivity contribution in [2.24, 2.45) is 22.7 Å². The normalized spacial score (nSPS) is 19.9. The van der Waals surface area contributed by atoms with Gasteiger partial charge in [0.15, 0.2) is 5.96 Å². The molecule has 6 heteroatoms. The standard InChI is InChI=1S/C20H42N4O.HI/c1-5-8-18(10-12-25)13-22-20(21-6-2)23-14-19-9-7-11-24(16-19)15-17(3)4;/h17-19,25H,5-16H2,1-4H3,(H2,21,22,23);1H. The molecule has 1 saturated heterocycles. The number of aliphatic hydroxyl groups excluding tert-OH is 1. The third-order valence-electron chi connectivity index (χ3n) is 4.87. The lowest BCUT2D eigenvalue weighted by molar-refractivity contribution is 0.159. The first kappa shape index (κ1) is 25.9. The lowest BCUT2D eigenvalue weighted by Gasteiger charge is -2.34. The van der Waals surface area contributed by atoms with Crippen LogP contribution in [0.5, 0.6) is 0 Å². The predicted octanol–water partition coefficient (Wildman–Crippen LogP) is 3.33. The average molecular weight is 482 g/mol. The minimum absolute atomic E-state index is 0. The molecule has 1 aliphatic heterocycles. The van der Waals surface area contributed by atoms with E-state index in [0.29, 0.717) is 11.8 Å². The van der Waals surface area contributed by atoms with Gasteiger partial charge in [0.1, 0.15) is 0 Å². The molecule has 2 unspecified atom stereocenters. The molecule has 0 saturated carbocycles. The molecule has 5 nitrogen and oxygen atoms in total. The topological polar surface area (TPSA) is 59.9 Å². The van der Waals surface area contributed by atoms with E-state index in [1.165, 1.54) is 32.5 Å². The maximum absolute atomic E-state index is 9.21. The smallest absolute Gasteiger partial charge is 0.191 e. The number of piperidine rings is 1. The minimum atomic E-state index is 0. The lowest BCUT2D eigenvalue weighted by Crippen LogP contribution is -2.45. The van der Waals surface area contributed by atoms with Crippen LogP contribution in [0.2, 0.25) is 0 Å². The Hall–Kier alpha value is -0.0800. The zero-order valence-electron chi connectivity index (χ0n) is 17.5. The van der Waals surface area contributed by atoms with Crippen molar-refractivity contribution in [3.8, 4) is 0 Å². The molecule has 2 atom stereocenters. The summed E-state index contributed by atoms with van der Waals surface area (Å²) in [5.74, 6) is 2.87. The van der Waals surface area contributed by atoms with Gasteiger partial charge in [-0.05, 0) is 56.9 Å². The Kier molecular flexibility index (Phi) is 15.9. The Morgan fingerprint density at radius 2 is 2.00 bits per heavy atom. The van der Waals surface area contributed by atoms with Gasteiger partial charge in [0.05, 0.1) is 0 Å². The summed E-state index contributed by atoms with van der Waals surface area (Å²) in [5, 5.41) is 16.1. The summed E-state index contributed by atoms with van der Waals surface area (Å²) in [5.41, 5.74) is 0. The molecule has 0 spiro atoms. The summed E-state index contributed by atoms with van der Waals surface area (Å²) in [4.78, 5) is 7.39. The summed E-state index contributed by atoms with van der Waals surface area (Å²) in [6.07, 6.45) is 5.75. The van der Waals surface area contributed by atoms with Gasteiger partial charge in [-0.15, -0.1) is 24.0 Å². The van der Waals surface area contributed by atoms with Crippen LogP contribution in [0, 0.1) is 17.8 Å². The SMILES string of the molecule is CCCC(CCO)CN=C(NCC)NCC1CCCN(CC(C)C)C1.I. The number of rotatable bonds is 11. The molecule has 0 aromatic rings. The second-order valence-corrected chi connectivity index (χ2v) is 7.93. The van der Waals surface area contributed by atoms with E-state index in [1.54, 1.807) is 0 Å². The number of halogens is 1. The van der Waals surface area contributed by atoms with Gasteiger partial charge in [0.2, 0.25) is 0 Å². The zero-order valence-corrected chi connectivity index (χ0v) is 19.8. The molecular formula is C20H43IN4O. The summed E-state index contributed by atoms with van der Waals surface area (Å²) in [7, 11) is 0. The van der Waals surface area contributed by atoms with Gasteiger partial charge in [-0.2, -0.15) is 0 Å². The highest BCUT2D eigenvalue weighted by Crippen LogP contribution is 2.17. The molecule has 0 aromatic carbocycles. The van der Waals surface area contributed by atoms with Crippen LogP contribution in [0.1, 0.15) is 59.8 Å². The van der Waals surface area contributed by atoms with Crippen LogP contribution in [0.4, 0.5) is 0 Å². The molecule has 0 amide bonds. The van der Waals surface area contributed by atoms with Crippen molar-refractivity contribution >= 4 is 29.9 Å². The van der Waals surface area contributed by atoms with Crippen molar-refractivity contribution in [2.45, 2.75) is 59.8 Å². The van der Waals surface area contributed by atoms with Crippen LogP contribution in [0.25, 0.3) is 0 Å². The molecule has 0 bridgehead atoms. The fourth-order valence-corrected chi connectivity index (χ4v) is 3.72. The molecule has 1 fully saturated rings. The molecule has 156 valence electrons. The highest BCUT2D eigenvalue weighted by molar-refractivity contribution is 14.0. The maximum atomic E-state index is 9.21. The Balaban J connectivity index is 0.00000625. The van der Waals surface area contributed by atoms with Gasteiger partial charge < -0.3 is 20.6 Å². The maximum Gasteiger partial charge on any atom is 0.191 e. The highest BCUT2D eigenvalue weighted by atomic mass is 127. The van der Waals surface area contributed by atoms with Crippen molar-refractivity contribution in [3.05, 3.63) is 0 Å². The van der Waals surface area contributed by atoms with Gasteiger partial charge in [-0.25, -0.2) is 0 Å². The molecule has 1 heterocycles. The summed E-state index contributed by atoms with van der Waals surface area (Å²) < 4.78 is 0. The van der Waals surface area contributed by atoms with Gasteiger partial charge in [0.25, 0.3) is 0 Å². The van der Waals surface area contributed by atoms with E-state index in [2.05, 4.69) is 43.2 Å². The summed E-state index contributed by atoms with van der Waals surface area (Å²) in [6.45, 7) is 15.5. The zero-order chi connectivity index (χ0) is 18.5. The Morgan fingerprint density at radius 3 is 2.62 bits per heavy atom. The highest BCUT2D eigenvalue weighted by Gasteiger charge is 2.20. The summed E-state index contributed by atoms with van der Waals surface area (Å²) in [6, 6.07) is 0. The monoisotopic (exact) mass is 482 g/mol. The largest absolute Gasteiger partial charge is 0.396 e. The Bertz CT molecular complexity index is 360. The Morgan fingerprint density at radius 1 is 1.23 bits per heavy atom. The molecule has 1 aliphatic rings. The van der Waals surface area contributed by atoms with Gasteiger partial charge >= 0.3 is 0 Å². The lowest BCUT2D eigenvalue weighted by atomic mass is 9.97. The van der Waals surface area contributed by atoms with Crippen molar-refractivity contribution in [3.63, 3.8) is 0 Å². The van der Waals surface area contributed by atoms with Crippen LogP contribution < -0.4 is 10.6 Å². The van der Waals surface area contributed by atoms with Crippen molar-refractivity contribution in [2.75, 3.05) is 45.9 Å². The van der Waals surface area contributed by atoms with E-state index < -0.39 is 0 Å². The number of aliphatic imine (C=N–C) groups is 1. The van der Waals surface area contributed by atoms with E-state index in [1.807, 2.05) is 0 Å². The third kappa shape index (κ3) is 11.6. The van der Waals surface area contributed by atoms with Gasteiger partial charge in [-0.1, -0.05) is 27.2 Å².